The Hall–Kier alpha value is -2.53. The summed E-state index contributed by atoms with van der Waals surface area (Å²) in [6.45, 7) is 1.86. The van der Waals surface area contributed by atoms with Crippen molar-refractivity contribution in [2.45, 2.75) is 6.92 Å². The number of amides is 2. The van der Waals surface area contributed by atoms with Crippen molar-refractivity contribution in [3.8, 4) is 0 Å². The lowest BCUT2D eigenvalue weighted by atomic mass is 10.2. The number of anilines is 2. The molecule has 0 aromatic heterocycles. The molecule has 2 aromatic rings. The fraction of sp³-hybridized carbons (Fsp3) is 0.125. The first kappa shape index (κ1) is 15.9. The molecule has 0 bridgehead atoms. The first-order valence-corrected chi connectivity index (χ1v) is 6.90. The molecule has 0 heterocycles. The van der Waals surface area contributed by atoms with Crippen LogP contribution in [0.1, 0.15) is 15.9 Å². The van der Waals surface area contributed by atoms with Crippen molar-refractivity contribution in [1.29, 1.82) is 0 Å². The number of esters is 1. The van der Waals surface area contributed by atoms with Crippen molar-refractivity contribution in [3.05, 3.63) is 58.6 Å². The highest BCUT2D eigenvalue weighted by Gasteiger charge is 2.13. The number of para-hydroxylation sites is 1. The maximum Gasteiger partial charge on any atom is 0.339 e. The van der Waals surface area contributed by atoms with Gasteiger partial charge in [-0.15, -0.1) is 0 Å². The first-order valence-electron chi connectivity index (χ1n) is 6.52. The number of methoxy groups -OCH3 is 1. The first-order chi connectivity index (χ1) is 10.5. The molecule has 0 saturated carbocycles. The number of rotatable bonds is 3. The summed E-state index contributed by atoms with van der Waals surface area (Å²) in [5, 5.41) is 5.85. The summed E-state index contributed by atoms with van der Waals surface area (Å²) < 4.78 is 4.68. The second kappa shape index (κ2) is 6.95. The smallest absolute Gasteiger partial charge is 0.339 e. The van der Waals surface area contributed by atoms with Crippen molar-refractivity contribution < 1.29 is 14.3 Å². The van der Waals surface area contributed by atoms with Crippen LogP contribution in [0.2, 0.25) is 5.02 Å². The van der Waals surface area contributed by atoms with Crippen LogP contribution in [0.15, 0.2) is 42.5 Å². The molecular weight excluding hydrogens is 304 g/mol. The molecule has 114 valence electrons. The van der Waals surface area contributed by atoms with E-state index in [2.05, 4.69) is 15.4 Å². The Labute approximate surface area is 133 Å². The maximum atomic E-state index is 12.1. The molecule has 0 saturated heterocycles. The molecule has 0 spiro atoms. The van der Waals surface area contributed by atoms with Crippen molar-refractivity contribution in [2.75, 3.05) is 17.7 Å². The molecule has 2 aromatic carbocycles. The number of hydrogen-bond acceptors (Lipinski definition) is 3. The predicted octanol–water partition coefficient (Wildman–Crippen LogP) is 4.08. The van der Waals surface area contributed by atoms with Crippen LogP contribution in [0.5, 0.6) is 0 Å². The molecular formula is C16H15ClN2O3. The average molecular weight is 319 g/mol. The third-order valence-electron chi connectivity index (χ3n) is 3.03. The molecule has 2 amide bonds. The topological polar surface area (TPSA) is 67.4 Å². The Balaban J connectivity index is 2.16. The lowest BCUT2D eigenvalue weighted by Crippen LogP contribution is -2.21. The van der Waals surface area contributed by atoms with Crippen molar-refractivity contribution in [2.24, 2.45) is 0 Å². The molecule has 22 heavy (non-hydrogen) atoms. The molecule has 0 atom stereocenters. The van der Waals surface area contributed by atoms with Gasteiger partial charge in [-0.1, -0.05) is 29.8 Å². The van der Waals surface area contributed by atoms with Crippen LogP contribution >= 0.6 is 11.6 Å². The molecule has 0 radical (unpaired) electrons. The van der Waals surface area contributed by atoms with Gasteiger partial charge in [-0.2, -0.15) is 0 Å². The summed E-state index contributed by atoms with van der Waals surface area (Å²) >= 11 is 5.91. The number of hydrogen-bond donors (Lipinski definition) is 2. The quantitative estimate of drug-likeness (QED) is 0.838. The van der Waals surface area contributed by atoms with Gasteiger partial charge < -0.3 is 15.4 Å². The van der Waals surface area contributed by atoms with E-state index in [-0.39, 0.29) is 5.56 Å². The van der Waals surface area contributed by atoms with Gasteiger partial charge in [-0.05, 0) is 36.8 Å². The third kappa shape index (κ3) is 3.77. The van der Waals surface area contributed by atoms with E-state index in [9.17, 15) is 9.59 Å². The van der Waals surface area contributed by atoms with Crippen molar-refractivity contribution in [1.82, 2.24) is 0 Å². The fourth-order valence-electron chi connectivity index (χ4n) is 1.88. The lowest BCUT2D eigenvalue weighted by Gasteiger charge is -2.12. The van der Waals surface area contributed by atoms with E-state index in [1.54, 1.807) is 42.5 Å². The molecule has 0 fully saturated rings. The Morgan fingerprint density at radius 2 is 1.73 bits per heavy atom. The number of benzene rings is 2. The van der Waals surface area contributed by atoms with E-state index in [1.807, 2.05) is 6.92 Å². The Morgan fingerprint density at radius 1 is 1.05 bits per heavy atom. The minimum Gasteiger partial charge on any atom is -0.465 e. The number of aryl methyl sites for hydroxylation is 1. The summed E-state index contributed by atoms with van der Waals surface area (Å²) in [5.41, 5.74) is 2.12. The Bertz CT molecular complexity index is 716. The monoisotopic (exact) mass is 318 g/mol. The minimum atomic E-state index is -0.519. The van der Waals surface area contributed by atoms with Gasteiger partial charge in [0.2, 0.25) is 0 Å². The number of carbonyl (C=O) groups excluding carboxylic acids is 2. The average Bonchev–Trinajstić information content (AvgIpc) is 2.50. The lowest BCUT2D eigenvalue weighted by molar-refractivity contribution is 0.0602. The minimum absolute atomic E-state index is 0.281. The summed E-state index contributed by atoms with van der Waals surface area (Å²) in [6, 6.07) is 11.3. The number of nitrogens with one attached hydrogen (secondary N) is 2. The van der Waals surface area contributed by atoms with Crippen LogP contribution in [-0.4, -0.2) is 19.1 Å². The van der Waals surface area contributed by atoms with Crippen LogP contribution < -0.4 is 10.6 Å². The van der Waals surface area contributed by atoms with Crippen LogP contribution in [0, 0.1) is 6.92 Å². The number of urea groups is 1. The van der Waals surface area contributed by atoms with Gasteiger partial charge >= 0.3 is 12.0 Å². The van der Waals surface area contributed by atoms with E-state index in [4.69, 9.17) is 11.6 Å². The molecule has 5 nitrogen and oxygen atoms in total. The van der Waals surface area contributed by atoms with Crippen molar-refractivity contribution >= 4 is 35.0 Å². The van der Waals surface area contributed by atoms with Gasteiger partial charge in [0.1, 0.15) is 0 Å². The second-order valence-corrected chi connectivity index (χ2v) is 5.01. The van der Waals surface area contributed by atoms with Gasteiger partial charge in [0.15, 0.2) is 0 Å². The zero-order chi connectivity index (χ0) is 16.1. The van der Waals surface area contributed by atoms with E-state index in [0.29, 0.717) is 16.4 Å². The number of halogens is 1. The summed E-state index contributed by atoms with van der Waals surface area (Å²) in [4.78, 5) is 23.8. The molecule has 2 N–H and O–H groups in total. The largest absolute Gasteiger partial charge is 0.465 e. The van der Waals surface area contributed by atoms with Crippen LogP contribution in [0.4, 0.5) is 16.2 Å². The van der Waals surface area contributed by atoms with Crippen LogP contribution in [0.3, 0.4) is 0 Å². The zero-order valence-electron chi connectivity index (χ0n) is 12.1. The van der Waals surface area contributed by atoms with Crippen LogP contribution in [0.25, 0.3) is 0 Å². The van der Waals surface area contributed by atoms with E-state index in [1.165, 1.54) is 7.11 Å². The second-order valence-electron chi connectivity index (χ2n) is 4.58. The van der Waals surface area contributed by atoms with E-state index >= 15 is 0 Å². The van der Waals surface area contributed by atoms with Gasteiger partial charge in [-0.25, -0.2) is 9.59 Å². The maximum absolute atomic E-state index is 12.1. The standard InChI is InChI=1S/C16H15ClN2O3/c1-10-7-8-11(17)9-14(10)19-16(21)18-13-6-4-3-5-12(13)15(20)22-2/h3-9H,1-2H3,(H2,18,19,21). The SMILES string of the molecule is COC(=O)c1ccccc1NC(=O)Nc1cc(Cl)ccc1C. The summed E-state index contributed by atoms with van der Waals surface area (Å²) in [7, 11) is 1.29. The summed E-state index contributed by atoms with van der Waals surface area (Å²) in [5.74, 6) is -0.519. The van der Waals surface area contributed by atoms with Gasteiger partial charge in [0, 0.05) is 10.7 Å². The number of carbonyl (C=O) groups is 2. The Morgan fingerprint density at radius 3 is 2.45 bits per heavy atom. The molecule has 0 aliphatic carbocycles. The third-order valence-corrected chi connectivity index (χ3v) is 3.26. The highest BCUT2D eigenvalue weighted by molar-refractivity contribution is 6.31. The highest BCUT2D eigenvalue weighted by Crippen LogP contribution is 2.21. The normalized spacial score (nSPS) is 9.95. The van der Waals surface area contributed by atoms with E-state index < -0.39 is 12.0 Å². The molecule has 0 unspecified atom stereocenters. The molecule has 6 heteroatoms. The number of ether oxygens (including phenoxy) is 1. The zero-order valence-corrected chi connectivity index (χ0v) is 12.9. The highest BCUT2D eigenvalue weighted by atomic mass is 35.5. The fourth-order valence-corrected chi connectivity index (χ4v) is 2.06. The van der Waals surface area contributed by atoms with Gasteiger partial charge in [0.05, 0.1) is 18.4 Å². The van der Waals surface area contributed by atoms with Crippen LogP contribution in [-0.2, 0) is 4.74 Å². The van der Waals surface area contributed by atoms with Gasteiger partial charge in [-0.3, -0.25) is 0 Å². The molecule has 0 aliphatic rings. The van der Waals surface area contributed by atoms with Gasteiger partial charge in [0.25, 0.3) is 0 Å². The van der Waals surface area contributed by atoms with Crippen molar-refractivity contribution in [3.63, 3.8) is 0 Å². The summed E-state index contributed by atoms with van der Waals surface area (Å²) in [6.07, 6.45) is 0. The Kier molecular flexibility index (Phi) is 5.01. The van der Waals surface area contributed by atoms with E-state index in [0.717, 1.165) is 5.56 Å². The molecule has 2 rings (SSSR count). The molecule has 0 aliphatic heterocycles. The predicted molar refractivity (Wildman–Crippen MR) is 86.6 cm³/mol.